The molecule has 12 rings (SSSR count). The molecule has 61 heavy (non-hydrogen) atoms. The third-order valence-corrected chi connectivity index (χ3v) is 14.7. The van der Waals surface area contributed by atoms with Crippen molar-refractivity contribution < 1.29 is 4.74 Å². The van der Waals surface area contributed by atoms with Gasteiger partial charge >= 0.3 is 0 Å². The van der Waals surface area contributed by atoms with Crippen LogP contribution in [0.5, 0.6) is 11.5 Å². The highest BCUT2D eigenvalue weighted by Gasteiger charge is 2.49. The number of rotatable bonds is 5. The molecule has 6 heterocycles. The Hall–Kier alpha value is -6.44. The largest absolute Gasteiger partial charge is 0.457 e. The molecule has 4 aliphatic rings. The van der Waals surface area contributed by atoms with E-state index in [1.54, 1.807) is 0 Å². The van der Waals surface area contributed by atoms with Crippen LogP contribution in [0.4, 0.5) is 28.4 Å². The Morgan fingerprint density at radius 3 is 1.92 bits per heavy atom. The summed E-state index contributed by atoms with van der Waals surface area (Å²) in [6, 6.07) is 46.4. The normalized spacial score (nSPS) is 16.4. The fourth-order valence-electron chi connectivity index (χ4n) is 10.3. The third kappa shape index (κ3) is 5.26. The molecule has 0 spiro atoms. The maximum absolute atomic E-state index is 6.68. The van der Waals surface area contributed by atoms with E-state index >= 15 is 0 Å². The zero-order valence-electron chi connectivity index (χ0n) is 35.6. The lowest BCUT2D eigenvalue weighted by atomic mass is 9.66. The zero-order chi connectivity index (χ0) is 41.6. The lowest BCUT2D eigenvalue weighted by Gasteiger charge is -2.52. The van der Waals surface area contributed by atoms with Gasteiger partial charge in [0.1, 0.15) is 17.3 Å². The van der Waals surface area contributed by atoms with Crippen LogP contribution in [-0.4, -0.2) is 16.2 Å². The summed E-state index contributed by atoms with van der Waals surface area (Å²) in [6.45, 7) is 17.0. The van der Waals surface area contributed by atoms with Gasteiger partial charge in [0.15, 0.2) is 0 Å². The Morgan fingerprint density at radius 1 is 0.574 bits per heavy atom. The van der Waals surface area contributed by atoms with Crippen LogP contribution in [0.3, 0.4) is 0 Å². The van der Waals surface area contributed by atoms with Crippen LogP contribution < -0.4 is 19.4 Å². The first kappa shape index (κ1) is 36.4. The standard InChI is InChI=1S/C54H47N5OS/c1-52(2,3)33-23-24-55-48(27-33)58-44-18-9-8-15-38(44)39-22-21-37(31-45(39)58)60-36-14-10-13-34(28-36)56-25-26-57(32-56)35-29-42-49-43(30-35)54(6,7)41-17-12-20-47-51(41)59(49)50-40(53(42,4)5)16-11-19-46(50)61-47/h8-31H,32H2,1-7H3. The average molecular weight is 814 g/mol. The molecule has 0 saturated heterocycles. The van der Waals surface area contributed by atoms with Gasteiger partial charge in [-0.15, -0.1) is 0 Å². The van der Waals surface area contributed by atoms with E-state index in [4.69, 9.17) is 9.72 Å². The number of anilines is 5. The maximum atomic E-state index is 6.68. The smallest absolute Gasteiger partial charge is 0.137 e. The van der Waals surface area contributed by atoms with Crippen molar-refractivity contribution in [2.24, 2.45) is 0 Å². The minimum Gasteiger partial charge on any atom is -0.457 e. The molecule has 0 aliphatic carbocycles. The molecule has 0 atom stereocenters. The Labute approximate surface area is 361 Å². The minimum absolute atomic E-state index is 0.00366. The van der Waals surface area contributed by atoms with Crippen LogP contribution in [0.1, 0.15) is 76.3 Å². The Kier molecular flexibility index (Phi) is 7.49. The predicted octanol–water partition coefficient (Wildman–Crippen LogP) is 14.2. The number of hydrogen-bond acceptors (Lipinski definition) is 6. The van der Waals surface area contributed by atoms with E-state index in [2.05, 4.69) is 201 Å². The molecule has 6 nitrogen and oxygen atoms in total. The van der Waals surface area contributed by atoms with Crippen LogP contribution in [-0.2, 0) is 16.2 Å². The van der Waals surface area contributed by atoms with Gasteiger partial charge in [0.25, 0.3) is 0 Å². The molecule has 0 fully saturated rings. The summed E-state index contributed by atoms with van der Waals surface area (Å²) in [5.41, 5.74) is 14.9. The monoisotopic (exact) mass is 813 g/mol. The van der Waals surface area contributed by atoms with E-state index in [1.165, 1.54) is 71.1 Å². The molecule has 0 radical (unpaired) electrons. The van der Waals surface area contributed by atoms with Crippen molar-refractivity contribution in [1.29, 1.82) is 0 Å². The van der Waals surface area contributed by atoms with Crippen LogP contribution >= 0.6 is 11.8 Å². The number of ether oxygens (including phenoxy) is 1. The van der Waals surface area contributed by atoms with Crippen LogP contribution in [0, 0.1) is 0 Å². The summed E-state index contributed by atoms with van der Waals surface area (Å²) in [5.74, 6) is 2.47. The van der Waals surface area contributed by atoms with Crippen LogP contribution in [0.25, 0.3) is 27.6 Å². The first-order chi connectivity index (χ1) is 29.4. The van der Waals surface area contributed by atoms with E-state index in [0.717, 1.165) is 34.0 Å². The van der Waals surface area contributed by atoms with Gasteiger partial charge < -0.3 is 19.4 Å². The highest BCUT2D eigenvalue weighted by molar-refractivity contribution is 7.99. The van der Waals surface area contributed by atoms with E-state index in [1.807, 2.05) is 24.0 Å². The molecule has 4 aliphatic heterocycles. The lowest BCUT2D eigenvalue weighted by Crippen LogP contribution is -2.40. The van der Waals surface area contributed by atoms with Crippen molar-refractivity contribution in [3.63, 3.8) is 0 Å². The van der Waals surface area contributed by atoms with Gasteiger partial charge in [0.2, 0.25) is 0 Å². The number of fused-ring (bicyclic) bond motifs is 3. The quantitative estimate of drug-likeness (QED) is 0.172. The first-order valence-electron chi connectivity index (χ1n) is 21.3. The van der Waals surface area contributed by atoms with Gasteiger partial charge in [-0.3, -0.25) is 4.57 Å². The molecule has 8 aromatic rings. The summed E-state index contributed by atoms with van der Waals surface area (Å²) in [4.78, 5) is 14.8. The van der Waals surface area contributed by atoms with Crippen molar-refractivity contribution in [1.82, 2.24) is 9.55 Å². The van der Waals surface area contributed by atoms with E-state index in [9.17, 15) is 0 Å². The number of benzene rings is 6. The Morgan fingerprint density at radius 2 is 1.21 bits per heavy atom. The summed E-state index contributed by atoms with van der Waals surface area (Å²) in [5, 5.41) is 2.36. The van der Waals surface area contributed by atoms with E-state index in [0.29, 0.717) is 6.67 Å². The van der Waals surface area contributed by atoms with Gasteiger partial charge in [-0.1, -0.05) is 109 Å². The van der Waals surface area contributed by atoms with Crippen LogP contribution in [0.2, 0.25) is 0 Å². The number of hydrogen-bond donors (Lipinski definition) is 0. The Bertz CT molecular complexity index is 3120. The minimum atomic E-state index is -0.179. The molecule has 0 N–H and O–H groups in total. The molecule has 7 heteroatoms. The second kappa shape index (κ2) is 12.6. The van der Waals surface area contributed by atoms with Gasteiger partial charge in [0.05, 0.1) is 34.8 Å². The predicted molar refractivity (Wildman–Crippen MR) is 252 cm³/mol. The van der Waals surface area contributed by atoms with Crippen molar-refractivity contribution >= 4 is 62.0 Å². The molecule has 0 unspecified atom stereocenters. The summed E-state index contributed by atoms with van der Waals surface area (Å²) in [7, 11) is 0. The molecule has 6 aromatic carbocycles. The van der Waals surface area contributed by atoms with Crippen molar-refractivity contribution in [2.45, 2.75) is 74.5 Å². The van der Waals surface area contributed by atoms with Crippen LogP contribution in [0.15, 0.2) is 156 Å². The third-order valence-electron chi connectivity index (χ3n) is 13.6. The summed E-state index contributed by atoms with van der Waals surface area (Å²) in [6.07, 6.45) is 6.33. The molecule has 0 saturated carbocycles. The van der Waals surface area contributed by atoms with Gasteiger partial charge in [-0.05, 0) is 100.0 Å². The van der Waals surface area contributed by atoms with Gasteiger partial charge in [-0.2, -0.15) is 0 Å². The number of pyridine rings is 1. The van der Waals surface area contributed by atoms with E-state index < -0.39 is 0 Å². The van der Waals surface area contributed by atoms with Gasteiger partial charge in [0, 0.05) is 73.5 Å². The van der Waals surface area contributed by atoms with Crippen molar-refractivity contribution in [2.75, 3.05) is 21.4 Å². The Balaban J connectivity index is 0.874. The fraction of sp³-hybridized carbons (Fsp3) is 0.204. The highest BCUT2D eigenvalue weighted by atomic mass is 32.2. The van der Waals surface area contributed by atoms with E-state index in [-0.39, 0.29) is 16.2 Å². The van der Waals surface area contributed by atoms with Gasteiger partial charge in [-0.25, -0.2) is 4.98 Å². The second-order valence-corrected chi connectivity index (χ2v) is 20.1. The summed E-state index contributed by atoms with van der Waals surface area (Å²) < 4.78 is 8.95. The topological polar surface area (TPSA) is 36.8 Å². The average Bonchev–Trinajstić information content (AvgIpc) is 3.88. The SMILES string of the molecule is CC(C)(C)c1ccnc(-n2c3ccccc3c3ccc(Oc4cccc(N5C=CN(c6cc7c8c(c6)C(C)(C)c6cccc9c6N8c6c(cccc6C7(C)C)S9)C5)c4)cc32)c1. The first-order valence-corrected chi connectivity index (χ1v) is 22.1. The summed E-state index contributed by atoms with van der Waals surface area (Å²) >= 11 is 1.92. The number of nitrogens with zero attached hydrogens (tertiary/aromatic N) is 5. The zero-order valence-corrected chi connectivity index (χ0v) is 36.4. The molecule has 300 valence electrons. The molecule has 0 amide bonds. The molecule has 2 aromatic heterocycles. The molecule has 0 bridgehead atoms. The highest BCUT2D eigenvalue weighted by Crippen LogP contribution is 2.66. The lowest BCUT2D eigenvalue weighted by molar-refractivity contribution is 0.483. The maximum Gasteiger partial charge on any atom is 0.137 e. The number of para-hydroxylation sites is 3. The molecular weight excluding hydrogens is 767 g/mol. The second-order valence-electron chi connectivity index (χ2n) is 19.0. The molecular formula is C54H47N5OS. The van der Waals surface area contributed by atoms with Crippen molar-refractivity contribution in [3.05, 3.63) is 174 Å². The number of aromatic nitrogens is 2. The fourth-order valence-corrected chi connectivity index (χ4v) is 11.4. The van der Waals surface area contributed by atoms with Crippen molar-refractivity contribution in [3.8, 4) is 17.3 Å².